The van der Waals surface area contributed by atoms with E-state index in [9.17, 15) is 22.8 Å². The van der Waals surface area contributed by atoms with E-state index in [1.54, 1.807) is 6.92 Å². The molecule has 1 aromatic heterocycles. The van der Waals surface area contributed by atoms with E-state index < -0.39 is 35.4 Å². The minimum Gasteiger partial charge on any atom is -0.360 e. The molecule has 0 aliphatic heterocycles. The summed E-state index contributed by atoms with van der Waals surface area (Å²) in [6.07, 6.45) is -4.27. The van der Waals surface area contributed by atoms with Crippen LogP contribution >= 0.6 is 11.6 Å². The van der Waals surface area contributed by atoms with Gasteiger partial charge in [-0.1, -0.05) is 16.8 Å². The van der Waals surface area contributed by atoms with Crippen molar-refractivity contribution < 1.29 is 27.3 Å². The summed E-state index contributed by atoms with van der Waals surface area (Å²) in [4.78, 5) is 24.3. The van der Waals surface area contributed by atoms with Crippen molar-refractivity contribution in [3.63, 3.8) is 0 Å². The summed E-state index contributed by atoms with van der Waals surface area (Å²) in [5.41, 5.74) is -1.08. The molecule has 2 unspecified atom stereocenters. The first-order chi connectivity index (χ1) is 12.1. The number of aryl methyl sites for hydroxylation is 1. The van der Waals surface area contributed by atoms with Crippen molar-refractivity contribution in [1.82, 2.24) is 5.16 Å². The molecule has 2 N–H and O–H groups in total. The Labute approximate surface area is 150 Å². The van der Waals surface area contributed by atoms with E-state index in [0.29, 0.717) is 5.76 Å². The monoisotopic (exact) mass is 387 g/mol. The third kappa shape index (κ3) is 3.98. The molecule has 1 saturated carbocycles. The van der Waals surface area contributed by atoms with E-state index in [-0.39, 0.29) is 22.9 Å². The molecule has 3 rings (SSSR count). The minimum atomic E-state index is -4.55. The van der Waals surface area contributed by atoms with Crippen LogP contribution in [-0.2, 0) is 15.8 Å². The summed E-state index contributed by atoms with van der Waals surface area (Å²) in [5.74, 6) is -1.45. The number of benzene rings is 1. The number of alkyl halides is 3. The second-order valence-corrected chi connectivity index (χ2v) is 6.35. The Bertz CT molecular complexity index is 866. The molecule has 2 amide bonds. The number of rotatable bonds is 4. The molecule has 1 aliphatic rings. The van der Waals surface area contributed by atoms with Crippen molar-refractivity contribution in [3.05, 3.63) is 40.6 Å². The van der Waals surface area contributed by atoms with Crippen molar-refractivity contribution >= 4 is 34.9 Å². The molecule has 0 spiro atoms. The Kier molecular flexibility index (Phi) is 4.66. The van der Waals surface area contributed by atoms with Gasteiger partial charge in [0, 0.05) is 6.07 Å². The molecule has 1 aromatic carbocycles. The number of nitrogens with zero attached hydrogens (tertiary/aromatic N) is 1. The fraction of sp³-hybridized carbons (Fsp3) is 0.312. The van der Waals surface area contributed by atoms with Crippen LogP contribution in [0.2, 0.25) is 5.02 Å². The highest BCUT2D eigenvalue weighted by atomic mass is 35.5. The van der Waals surface area contributed by atoms with Crippen LogP contribution < -0.4 is 10.6 Å². The van der Waals surface area contributed by atoms with Crippen molar-refractivity contribution in [2.75, 3.05) is 10.6 Å². The van der Waals surface area contributed by atoms with Crippen molar-refractivity contribution in [3.8, 4) is 0 Å². The summed E-state index contributed by atoms with van der Waals surface area (Å²) in [5, 5.41) is 8.46. The van der Waals surface area contributed by atoms with Gasteiger partial charge < -0.3 is 15.2 Å². The predicted octanol–water partition coefficient (Wildman–Crippen LogP) is 3.87. The molecular formula is C16H13ClF3N3O3. The average molecular weight is 388 g/mol. The van der Waals surface area contributed by atoms with Crippen molar-refractivity contribution in [1.29, 1.82) is 0 Å². The molecule has 2 aromatic rings. The zero-order valence-electron chi connectivity index (χ0n) is 13.4. The van der Waals surface area contributed by atoms with Crippen LogP contribution in [0.15, 0.2) is 28.8 Å². The Hall–Kier alpha value is -2.55. The van der Waals surface area contributed by atoms with Crippen LogP contribution in [-0.4, -0.2) is 17.0 Å². The molecule has 0 bridgehead atoms. The van der Waals surface area contributed by atoms with Gasteiger partial charge in [0.05, 0.1) is 28.1 Å². The lowest BCUT2D eigenvalue weighted by Crippen LogP contribution is -2.21. The maximum absolute atomic E-state index is 12.8. The molecule has 1 fully saturated rings. The van der Waals surface area contributed by atoms with Gasteiger partial charge in [-0.2, -0.15) is 13.2 Å². The Morgan fingerprint density at radius 1 is 1.19 bits per heavy atom. The maximum Gasteiger partial charge on any atom is 0.416 e. The van der Waals surface area contributed by atoms with Crippen LogP contribution in [0.3, 0.4) is 0 Å². The van der Waals surface area contributed by atoms with Gasteiger partial charge in [0.1, 0.15) is 5.76 Å². The fourth-order valence-corrected chi connectivity index (χ4v) is 2.61. The highest BCUT2D eigenvalue weighted by Gasteiger charge is 2.48. The number of aromatic nitrogens is 1. The summed E-state index contributed by atoms with van der Waals surface area (Å²) < 4.78 is 43.1. The number of hydrogen-bond donors (Lipinski definition) is 2. The second kappa shape index (κ2) is 6.64. The summed E-state index contributed by atoms with van der Waals surface area (Å²) in [6.45, 7) is 1.66. The third-order valence-electron chi connectivity index (χ3n) is 3.89. The Balaban J connectivity index is 1.62. The molecular weight excluding hydrogens is 375 g/mol. The van der Waals surface area contributed by atoms with E-state index in [4.69, 9.17) is 16.1 Å². The second-order valence-electron chi connectivity index (χ2n) is 5.94. The van der Waals surface area contributed by atoms with Gasteiger partial charge in [-0.25, -0.2) is 0 Å². The fourth-order valence-electron chi connectivity index (χ4n) is 2.44. The van der Waals surface area contributed by atoms with Crippen LogP contribution in [0.1, 0.15) is 17.7 Å². The van der Waals surface area contributed by atoms with Gasteiger partial charge >= 0.3 is 6.18 Å². The van der Waals surface area contributed by atoms with Crippen molar-refractivity contribution in [2.45, 2.75) is 19.5 Å². The number of carbonyl (C=O) groups is 2. The Morgan fingerprint density at radius 3 is 2.42 bits per heavy atom. The van der Waals surface area contributed by atoms with E-state index in [0.717, 1.165) is 18.2 Å². The molecule has 1 aliphatic carbocycles. The van der Waals surface area contributed by atoms with Crippen molar-refractivity contribution in [2.24, 2.45) is 11.8 Å². The van der Waals surface area contributed by atoms with Crippen LogP contribution in [0, 0.1) is 18.8 Å². The van der Waals surface area contributed by atoms with Crippen LogP contribution in [0.5, 0.6) is 0 Å². The quantitative estimate of drug-likeness (QED) is 0.834. The lowest BCUT2D eigenvalue weighted by Gasteiger charge is -2.11. The van der Waals surface area contributed by atoms with E-state index in [1.807, 2.05) is 0 Å². The number of nitrogens with one attached hydrogen (secondary N) is 2. The zero-order valence-corrected chi connectivity index (χ0v) is 14.1. The van der Waals surface area contributed by atoms with Gasteiger partial charge in [-0.3, -0.25) is 9.59 Å². The lowest BCUT2D eigenvalue weighted by atomic mass is 10.2. The maximum atomic E-state index is 12.8. The highest BCUT2D eigenvalue weighted by Crippen LogP contribution is 2.41. The standard InChI is InChI=1S/C16H13ClF3N3O3/c1-7-4-13(23-26-7)22-15(25)10-6-9(10)14(24)21-12-5-8(16(18,19)20)2-3-11(12)17/h2-5,9-10H,6H2,1H3,(H,21,24)(H,22,23,25). The first-order valence-corrected chi connectivity index (χ1v) is 7.95. The number of hydrogen-bond acceptors (Lipinski definition) is 4. The SMILES string of the molecule is Cc1cc(NC(=O)C2CC2C(=O)Nc2cc(C(F)(F)F)ccc2Cl)no1. The highest BCUT2D eigenvalue weighted by molar-refractivity contribution is 6.33. The average Bonchev–Trinajstić information content (AvgIpc) is 3.26. The third-order valence-corrected chi connectivity index (χ3v) is 4.22. The lowest BCUT2D eigenvalue weighted by molar-refractivity contribution is -0.137. The van der Waals surface area contributed by atoms with Gasteiger partial charge in [0.2, 0.25) is 11.8 Å². The molecule has 26 heavy (non-hydrogen) atoms. The number of halogens is 4. The first kappa shape index (κ1) is 18.2. The Morgan fingerprint density at radius 2 is 1.85 bits per heavy atom. The molecule has 0 saturated heterocycles. The smallest absolute Gasteiger partial charge is 0.360 e. The van der Waals surface area contributed by atoms with E-state index >= 15 is 0 Å². The van der Waals surface area contributed by atoms with E-state index in [2.05, 4.69) is 15.8 Å². The topological polar surface area (TPSA) is 84.2 Å². The van der Waals surface area contributed by atoms with Gasteiger partial charge in [-0.15, -0.1) is 0 Å². The molecule has 1 heterocycles. The summed E-state index contributed by atoms with van der Waals surface area (Å²) in [6, 6.07) is 4.17. The number of amides is 2. The summed E-state index contributed by atoms with van der Waals surface area (Å²) >= 11 is 5.84. The largest absolute Gasteiger partial charge is 0.416 e. The normalized spacial score (nSPS) is 19.1. The molecule has 6 nitrogen and oxygen atoms in total. The van der Waals surface area contributed by atoms with Crippen LogP contribution in [0.25, 0.3) is 0 Å². The molecule has 10 heteroatoms. The van der Waals surface area contributed by atoms with Gasteiger partial charge in [0.25, 0.3) is 0 Å². The van der Waals surface area contributed by atoms with Gasteiger partial charge in [-0.05, 0) is 31.5 Å². The first-order valence-electron chi connectivity index (χ1n) is 7.57. The van der Waals surface area contributed by atoms with Gasteiger partial charge in [0.15, 0.2) is 5.82 Å². The number of anilines is 2. The zero-order chi connectivity index (χ0) is 19.1. The number of carbonyl (C=O) groups excluding carboxylic acids is 2. The van der Waals surface area contributed by atoms with Crippen LogP contribution in [0.4, 0.5) is 24.7 Å². The molecule has 0 radical (unpaired) electrons. The minimum absolute atomic E-state index is 0.0222. The summed E-state index contributed by atoms with van der Waals surface area (Å²) in [7, 11) is 0. The van der Waals surface area contributed by atoms with E-state index in [1.165, 1.54) is 6.07 Å². The predicted molar refractivity (Wildman–Crippen MR) is 86.6 cm³/mol. The molecule has 138 valence electrons. The molecule has 2 atom stereocenters.